The molecule has 1 amide bonds. The van der Waals surface area contributed by atoms with Crippen molar-refractivity contribution in [2.75, 3.05) is 13.1 Å². The number of nitrogens with one attached hydrogen (secondary N) is 1. The highest BCUT2D eigenvalue weighted by Gasteiger charge is 2.27. The van der Waals surface area contributed by atoms with E-state index in [0.29, 0.717) is 11.5 Å². The number of carbonyl (C=O) groups excluding carboxylic acids is 1. The molecular formula is C21H26BrN3O2. The smallest absolute Gasteiger partial charge is 0.273 e. The largest absolute Gasteiger partial charge is 0.355 e. The summed E-state index contributed by atoms with van der Waals surface area (Å²) in [4.78, 5) is 15.2. The maximum Gasteiger partial charge on any atom is 0.273 e. The average molecular weight is 432 g/mol. The van der Waals surface area contributed by atoms with E-state index in [0.717, 1.165) is 42.0 Å². The highest BCUT2D eigenvalue weighted by Crippen LogP contribution is 2.26. The van der Waals surface area contributed by atoms with Crippen molar-refractivity contribution < 1.29 is 9.32 Å². The number of rotatable bonds is 4. The van der Waals surface area contributed by atoms with Crippen molar-refractivity contribution in [2.45, 2.75) is 57.0 Å². The zero-order valence-corrected chi connectivity index (χ0v) is 17.1. The highest BCUT2D eigenvalue weighted by molar-refractivity contribution is 9.10. The molecule has 4 rings (SSSR count). The maximum atomic E-state index is 12.5. The van der Waals surface area contributed by atoms with Crippen LogP contribution in [0.25, 0.3) is 11.3 Å². The van der Waals surface area contributed by atoms with Crippen molar-refractivity contribution in [3.63, 3.8) is 0 Å². The van der Waals surface area contributed by atoms with Gasteiger partial charge >= 0.3 is 0 Å². The fraction of sp³-hybridized carbons (Fsp3) is 0.524. The van der Waals surface area contributed by atoms with Gasteiger partial charge in [-0.15, -0.1) is 0 Å². The Bertz CT molecular complexity index is 760. The topological polar surface area (TPSA) is 58.4 Å². The average Bonchev–Trinajstić information content (AvgIpc) is 3.20. The molecule has 1 saturated carbocycles. The van der Waals surface area contributed by atoms with Crippen LogP contribution >= 0.6 is 15.9 Å². The van der Waals surface area contributed by atoms with E-state index in [2.05, 4.69) is 31.3 Å². The summed E-state index contributed by atoms with van der Waals surface area (Å²) < 4.78 is 6.37. The zero-order chi connectivity index (χ0) is 18.6. The predicted molar refractivity (Wildman–Crippen MR) is 109 cm³/mol. The third kappa shape index (κ3) is 4.61. The summed E-state index contributed by atoms with van der Waals surface area (Å²) in [6.07, 6.45) is 8.84. The molecule has 2 aromatic rings. The summed E-state index contributed by atoms with van der Waals surface area (Å²) in [7, 11) is 0. The second kappa shape index (κ2) is 8.57. The van der Waals surface area contributed by atoms with Gasteiger partial charge < -0.3 is 14.7 Å². The van der Waals surface area contributed by atoms with Crippen LogP contribution in [-0.4, -0.2) is 41.1 Å². The zero-order valence-electron chi connectivity index (χ0n) is 15.5. The molecule has 2 aliphatic rings. The van der Waals surface area contributed by atoms with Gasteiger partial charge in [-0.3, -0.25) is 4.79 Å². The van der Waals surface area contributed by atoms with Crippen LogP contribution < -0.4 is 5.32 Å². The normalized spacial score (nSPS) is 19.9. The number of aromatic nitrogens is 1. The lowest BCUT2D eigenvalue weighted by Crippen LogP contribution is -2.48. The van der Waals surface area contributed by atoms with E-state index in [-0.39, 0.29) is 11.9 Å². The molecule has 0 unspecified atom stereocenters. The van der Waals surface area contributed by atoms with Crippen LogP contribution in [0.4, 0.5) is 0 Å². The molecule has 1 aliphatic carbocycles. The second-order valence-corrected chi connectivity index (χ2v) is 8.57. The van der Waals surface area contributed by atoms with Gasteiger partial charge in [-0.1, -0.05) is 52.5 Å². The Morgan fingerprint density at radius 1 is 1.07 bits per heavy atom. The van der Waals surface area contributed by atoms with Gasteiger partial charge in [0.15, 0.2) is 11.5 Å². The van der Waals surface area contributed by atoms with Crippen LogP contribution in [0.1, 0.15) is 55.4 Å². The van der Waals surface area contributed by atoms with E-state index in [4.69, 9.17) is 4.52 Å². The minimum absolute atomic E-state index is 0.141. The molecule has 1 saturated heterocycles. The number of halogens is 1. The minimum atomic E-state index is -0.141. The van der Waals surface area contributed by atoms with Crippen molar-refractivity contribution in [1.82, 2.24) is 15.4 Å². The molecule has 2 fully saturated rings. The van der Waals surface area contributed by atoms with Gasteiger partial charge in [-0.2, -0.15) is 0 Å². The number of carbonyl (C=O) groups is 1. The Hall–Kier alpha value is -1.66. The number of nitrogens with zero attached hydrogens (tertiary/aromatic N) is 2. The molecule has 6 heteroatoms. The first kappa shape index (κ1) is 18.7. The number of benzene rings is 1. The lowest BCUT2D eigenvalue weighted by molar-refractivity contribution is 0.0857. The summed E-state index contributed by atoms with van der Waals surface area (Å²) in [5, 5.41) is 7.10. The van der Waals surface area contributed by atoms with Crippen molar-refractivity contribution in [2.24, 2.45) is 0 Å². The molecule has 2 heterocycles. The molecule has 5 nitrogen and oxygen atoms in total. The SMILES string of the molecule is O=C(NC1CCN(C2CCCCC2)CC1)c1cc(-c2ccc(Br)cc2)on1. The van der Waals surface area contributed by atoms with Gasteiger partial charge in [0.1, 0.15) is 0 Å². The Morgan fingerprint density at radius 3 is 2.48 bits per heavy atom. The summed E-state index contributed by atoms with van der Waals surface area (Å²) in [5.74, 6) is 0.470. The van der Waals surface area contributed by atoms with E-state index in [1.165, 1.54) is 32.1 Å². The number of hydrogen-bond acceptors (Lipinski definition) is 4. The van der Waals surface area contributed by atoms with Gasteiger partial charge in [0.05, 0.1) is 0 Å². The van der Waals surface area contributed by atoms with E-state index >= 15 is 0 Å². The quantitative estimate of drug-likeness (QED) is 0.766. The summed E-state index contributed by atoms with van der Waals surface area (Å²) in [5.41, 5.74) is 1.26. The first-order valence-corrected chi connectivity index (χ1v) is 10.8. The molecule has 144 valence electrons. The second-order valence-electron chi connectivity index (χ2n) is 7.66. The summed E-state index contributed by atoms with van der Waals surface area (Å²) >= 11 is 3.42. The molecular weight excluding hydrogens is 406 g/mol. The molecule has 0 radical (unpaired) electrons. The Labute approximate surface area is 168 Å². The fourth-order valence-electron chi connectivity index (χ4n) is 4.25. The van der Waals surface area contributed by atoms with Gasteiger partial charge in [0, 0.05) is 41.3 Å². The maximum absolute atomic E-state index is 12.5. The molecule has 27 heavy (non-hydrogen) atoms. The van der Waals surface area contributed by atoms with Crippen LogP contribution in [0, 0.1) is 0 Å². The predicted octanol–water partition coefficient (Wildman–Crippen LogP) is 4.63. The molecule has 0 spiro atoms. The van der Waals surface area contributed by atoms with Crippen molar-refractivity contribution >= 4 is 21.8 Å². The first-order valence-electron chi connectivity index (χ1n) is 9.96. The lowest BCUT2D eigenvalue weighted by atomic mass is 9.92. The molecule has 1 aromatic carbocycles. The Balaban J connectivity index is 1.30. The molecule has 1 aromatic heterocycles. The van der Waals surface area contributed by atoms with Gasteiger partial charge in [0.2, 0.25) is 0 Å². The van der Waals surface area contributed by atoms with E-state index in [1.54, 1.807) is 6.07 Å². The van der Waals surface area contributed by atoms with Gasteiger partial charge in [-0.25, -0.2) is 0 Å². The van der Waals surface area contributed by atoms with Crippen molar-refractivity contribution in [1.29, 1.82) is 0 Å². The number of hydrogen-bond donors (Lipinski definition) is 1. The summed E-state index contributed by atoms with van der Waals surface area (Å²) in [6, 6.07) is 10.5. The third-order valence-corrected chi connectivity index (χ3v) is 6.36. The van der Waals surface area contributed by atoms with E-state index in [9.17, 15) is 4.79 Å². The Morgan fingerprint density at radius 2 is 1.78 bits per heavy atom. The molecule has 0 bridgehead atoms. The van der Waals surface area contributed by atoms with Gasteiger partial charge in [0.25, 0.3) is 5.91 Å². The third-order valence-electron chi connectivity index (χ3n) is 5.83. The van der Waals surface area contributed by atoms with Crippen molar-refractivity contribution in [3.05, 3.63) is 40.5 Å². The van der Waals surface area contributed by atoms with E-state index in [1.807, 2.05) is 24.3 Å². The summed E-state index contributed by atoms with van der Waals surface area (Å²) in [6.45, 7) is 2.16. The molecule has 0 atom stereocenters. The lowest BCUT2D eigenvalue weighted by Gasteiger charge is -2.39. The monoisotopic (exact) mass is 431 g/mol. The number of amides is 1. The highest BCUT2D eigenvalue weighted by atomic mass is 79.9. The first-order chi connectivity index (χ1) is 13.2. The van der Waals surface area contributed by atoms with E-state index < -0.39 is 0 Å². The fourth-order valence-corrected chi connectivity index (χ4v) is 4.51. The van der Waals surface area contributed by atoms with Crippen LogP contribution in [-0.2, 0) is 0 Å². The van der Waals surface area contributed by atoms with Crippen LogP contribution in [0.3, 0.4) is 0 Å². The van der Waals surface area contributed by atoms with Crippen LogP contribution in [0.2, 0.25) is 0 Å². The molecule has 1 N–H and O–H groups in total. The number of likely N-dealkylation sites (tertiary alicyclic amines) is 1. The molecule has 1 aliphatic heterocycles. The van der Waals surface area contributed by atoms with Crippen LogP contribution in [0.5, 0.6) is 0 Å². The van der Waals surface area contributed by atoms with Crippen LogP contribution in [0.15, 0.2) is 39.3 Å². The standard InChI is InChI=1S/C21H26BrN3O2/c22-16-8-6-15(7-9-16)20-14-19(24-27-20)21(26)23-17-10-12-25(13-11-17)18-4-2-1-3-5-18/h6-9,14,17-18H,1-5,10-13H2,(H,23,26). The van der Waals surface area contributed by atoms with Crippen molar-refractivity contribution in [3.8, 4) is 11.3 Å². The minimum Gasteiger partial charge on any atom is -0.355 e. The Kier molecular flexibility index (Phi) is 5.93. The number of piperidine rings is 1. The van der Waals surface area contributed by atoms with Gasteiger partial charge in [-0.05, 0) is 37.8 Å².